The largest absolute Gasteiger partial charge is 0.480 e. The van der Waals surface area contributed by atoms with Gasteiger partial charge in [-0.15, -0.1) is 0 Å². The van der Waals surface area contributed by atoms with Gasteiger partial charge in [-0.25, -0.2) is 9.59 Å². The van der Waals surface area contributed by atoms with E-state index in [1.807, 2.05) is 19.1 Å². The summed E-state index contributed by atoms with van der Waals surface area (Å²) in [6.45, 7) is 1.81. The van der Waals surface area contributed by atoms with Crippen molar-refractivity contribution in [3.05, 3.63) is 30.1 Å². The lowest BCUT2D eigenvalue weighted by Crippen LogP contribution is -2.55. The van der Waals surface area contributed by atoms with Crippen molar-refractivity contribution in [2.24, 2.45) is 0 Å². The Labute approximate surface area is 117 Å². The molecular formula is C14H19N3O3. The molecule has 0 spiro atoms. The summed E-state index contributed by atoms with van der Waals surface area (Å²) in [5, 5.41) is 14.7. The molecule has 2 amide bonds. The molecule has 0 aliphatic heterocycles. The van der Waals surface area contributed by atoms with Crippen LogP contribution < -0.4 is 10.6 Å². The van der Waals surface area contributed by atoms with Crippen LogP contribution in [-0.4, -0.2) is 27.6 Å². The van der Waals surface area contributed by atoms with E-state index < -0.39 is 17.5 Å². The van der Waals surface area contributed by atoms with Gasteiger partial charge in [0, 0.05) is 6.20 Å². The molecule has 0 aromatic carbocycles. The molecule has 3 N–H and O–H groups in total. The molecule has 6 heteroatoms. The van der Waals surface area contributed by atoms with E-state index in [0.29, 0.717) is 12.8 Å². The highest BCUT2D eigenvalue weighted by atomic mass is 16.4. The molecule has 0 bridgehead atoms. The number of carbonyl (C=O) groups excluding carboxylic acids is 1. The lowest BCUT2D eigenvalue weighted by Gasteiger charge is -2.26. The number of urea groups is 1. The molecule has 1 unspecified atom stereocenters. The molecule has 1 saturated carbocycles. The van der Waals surface area contributed by atoms with Gasteiger partial charge in [0.05, 0.1) is 11.7 Å². The molecule has 0 radical (unpaired) electrons. The first kappa shape index (κ1) is 14.3. The Morgan fingerprint density at radius 2 is 2.05 bits per heavy atom. The number of pyridine rings is 1. The van der Waals surface area contributed by atoms with Crippen LogP contribution in [0.25, 0.3) is 0 Å². The van der Waals surface area contributed by atoms with Crippen molar-refractivity contribution >= 4 is 12.0 Å². The maximum absolute atomic E-state index is 12.0. The molecule has 1 aromatic rings. The minimum Gasteiger partial charge on any atom is -0.480 e. The van der Waals surface area contributed by atoms with Crippen molar-refractivity contribution in [3.63, 3.8) is 0 Å². The predicted molar refractivity (Wildman–Crippen MR) is 73.2 cm³/mol. The second kappa shape index (κ2) is 5.90. The average Bonchev–Trinajstić information content (AvgIpc) is 2.89. The van der Waals surface area contributed by atoms with Gasteiger partial charge < -0.3 is 15.7 Å². The van der Waals surface area contributed by atoms with Crippen LogP contribution in [0.1, 0.15) is 44.3 Å². The molecule has 1 heterocycles. The van der Waals surface area contributed by atoms with Crippen LogP contribution in [0.4, 0.5) is 4.79 Å². The van der Waals surface area contributed by atoms with E-state index in [-0.39, 0.29) is 6.04 Å². The quantitative estimate of drug-likeness (QED) is 0.783. The topological polar surface area (TPSA) is 91.3 Å². The molecule has 0 saturated heterocycles. The fourth-order valence-electron chi connectivity index (χ4n) is 2.53. The molecule has 2 rings (SSSR count). The van der Waals surface area contributed by atoms with Crippen LogP contribution in [0.15, 0.2) is 24.4 Å². The van der Waals surface area contributed by atoms with Gasteiger partial charge in [0.1, 0.15) is 5.54 Å². The van der Waals surface area contributed by atoms with Gasteiger partial charge in [0.25, 0.3) is 0 Å². The summed E-state index contributed by atoms with van der Waals surface area (Å²) in [4.78, 5) is 27.5. The van der Waals surface area contributed by atoms with E-state index >= 15 is 0 Å². The fraction of sp³-hybridized carbons (Fsp3) is 0.500. The molecule has 108 valence electrons. The zero-order chi connectivity index (χ0) is 14.6. The van der Waals surface area contributed by atoms with Crippen molar-refractivity contribution in [3.8, 4) is 0 Å². The van der Waals surface area contributed by atoms with Crippen molar-refractivity contribution in [1.82, 2.24) is 15.6 Å². The summed E-state index contributed by atoms with van der Waals surface area (Å²) < 4.78 is 0. The monoisotopic (exact) mass is 277 g/mol. The number of aromatic nitrogens is 1. The van der Waals surface area contributed by atoms with Gasteiger partial charge in [-0.05, 0) is 31.9 Å². The Bertz CT molecular complexity index is 484. The lowest BCUT2D eigenvalue weighted by molar-refractivity contribution is -0.144. The molecule has 1 aliphatic rings. The van der Waals surface area contributed by atoms with E-state index in [0.717, 1.165) is 18.5 Å². The summed E-state index contributed by atoms with van der Waals surface area (Å²) in [5.41, 5.74) is -0.382. The number of carbonyl (C=O) groups is 2. The van der Waals surface area contributed by atoms with Gasteiger partial charge >= 0.3 is 12.0 Å². The van der Waals surface area contributed by atoms with Crippen LogP contribution >= 0.6 is 0 Å². The van der Waals surface area contributed by atoms with Gasteiger partial charge in [-0.3, -0.25) is 4.98 Å². The van der Waals surface area contributed by atoms with E-state index in [1.54, 1.807) is 12.3 Å². The van der Waals surface area contributed by atoms with Crippen molar-refractivity contribution in [2.75, 3.05) is 0 Å². The highest BCUT2D eigenvalue weighted by Gasteiger charge is 2.42. The number of nitrogens with one attached hydrogen (secondary N) is 2. The third kappa shape index (κ3) is 3.07. The van der Waals surface area contributed by atoms with Gasteiger partial charge in [-0.2, -0.15) is 0 Å². The second-order valence-corrected chi connectivity index (χ2v) is 5.17. The normalized spacial score (nSPS) is 18.2. The Balaban J connectivity index is 1.97. The molecule has 1 aromatic heterocycles. The summed E-state index contributed by atoms with van der Waals surface area (Å²) in [5.74, 6) is -0.962. The minimum absolute atomic E-state index is 0.275. The summed E-state index contributed by atoms with van der Waals surface area (Å²) >= 11 is 0. The van der Waals surface area contributed by atoms with Crippen LogP contribution in [-0.2, 0) is 4.79 Å². The van der Waals surface area contributed by atoms with Crippen LogP contribution in [0, 0.1) is 0 Å². The Morgan fingerprint density at radius 1 is 1.35 bits per heavy atom. The number of rotatable bonds is 4. The minimum atomic E-state index is -1.12. The van der Waals surface area contributed by atoms with Crippen molar-refractivity contribution < 1.29 is 14.7 Å². The van der Waals surface area contributed by atoms with Crippen LogP contribution in [0.3, 0.4) is 0 Å². The highest BCUT2D eigenvalue weighted by Crippen LogP contribution is 2.29. The average molecular weight is 277 g/mol. The summed E-state index contributed by atoms with van der Waals surface area (Å²) in [6, 6.07) is 4.71. The molecule has 1 aliphatic carbocycles. The maximum atomic E-state index is 12.0. The second-order valence-electron chi connectivity index (χ2n) is 5.17. The lowest BCUT2D eigenvalue weighted by atomic mass is 9.98. The molecule has 6 nitrogen and oxygen atoms in total. The van der Waals surface area contributed by atoms with E-state index in [1.165, 1.54) is 0 Å². The Kier molecular flexibility index (Phi) is 4.22. The number of nitrogens with zero attached hydrogens (tertiary/aromatic N) is 1. The van der Waals surface area contributed by atoms with Crippen molar-refractivity contribution in [2.45, 2.75) is 44.2 Å². The number of hydrogen-bond acceptors (Lipinski definition) is 3. The summed E-state index contributed by atoms with van der Waals surface area (Å²) in [7, 11) is 0. The summed E-state index contributed by atoms with van der Waals surface area (Å²) in [6.07, 6.45) is 4.26. The first-order valence-corrected chi connectivity index (χ1v) is 6.76. The first-order chi connectivity index (χ1) is 9.53. The van der Waals surface area contributed by atoms with Gasteiger partial charge in [0.15, 0.2) is 0 Å². The van der Waals surface area contributed by atoms with E-state index in [2.05, 4.69) is 15.6 Å². The van der Waals surface area contributed by atoms with Gasteiger partial charge in [-0.1, -0.05) is 18.9 Å². The molecule has 20 heavy (non-hydrogen) atoms. The van der Waals surface area contributed by atoms with Crippen LogP contribution in [0.5, 0.6) is 0 Å². The third-order valence-corrected chi connectivity index (χ3v) is 3.70. The molecule has 1 fully saturated rings. The van der Waals surface area contributed by atoms with E-state index in [4.69, 9.17) is 0 Å². The molecular weight excluding hydrogens is 258 g/mol. The predicted octanol–water partition coefficient (Wildman–Crippen LogP) is 1.84. The SMILES string of the molecule is CC(NC(=O)NC1(C(=O)O)CCCC1)c1ccccn1. The Hall–Kier alpha value is -2.11. The smallest absolute Gasteiger partial charge is 0.329 e. The zero-order valence-corrected chi connectivity index (χ0v) is 11.4. The Morgan fingerprint density at radius 3 is 2.60 bits per heavy atom. The van der Waals surface area contributed by atoms with Crippen molar-refractivity contribution in [1.29, 1.82) is 0 Å². The van der Waals surface area contributed by atoms with E-state index in [9.17, 15) is 14.7 Å². The zero-order valence-electron chi connectivity index (χ0n) is 11.4. The number of amides is 2. The van der Waals surface area contributed by atoms with Crippen LogP contribution in [0.2, 0.25) is 0 Å². The number of carboxylic acid groups (broad SMARTS) is 1. The highest BCUT2D eigenvalue weighted by molar-refractivity contribution is 5.86. The number of carboxylic acids is 1. The maximum Gasteiger partial charge on any atom is 0.329 e. The van der Waals surface area contributed by atoms with Gasteiger partial charge in [0.2, 0.25) is 0 Å². The molecule has 1 atom stereocenters. The fourth-order valence-corrected chi connectivity index (χ4v) is 2.53. The standard InChI is InChI=1S/C14H19N3O3/c1-10(11-6-2-5-9-15-11)16-13(20)17-14(12(18)19)7-3-4-8-14/h2,5-6,9-10H,3-4,7-8H2,1H3,(H,18,19)(H2,16,17,20). The first-order valence-electron chi connectivity index (χ1n) is 6.76. The number of aliphatic carboxylic acids is 1. The third-order valence-electron chi connectivity index (χ3n) is 3.70. The number of hydrogen-bond donors (Lipinski definition) is 3.